The maximum atomic E-state index is 6.49. The maximum absolute atomic E-state index is 6.49. The van der Waals surface area contributed by atoms with E-state index in [0.717, 1.165) is 94.3 Å². The van der Waals surface area contributed by atoms with Crippen molar-refractivity contribution in [2.45, 2.75) is 0 Å². The van der Waals surface area contributed by atoms with Crippen LogP contribution in [0.4, 0.5) is 0 Å². The van der Waals surface area contributed by atoms with E-state index in [2.05, 4.69) is 138 Å². The van der Waals surface area contributed by atoms with Crippen molar-refractivity contribution < 1.29 is 4.42 Å². The fraction of sp³-hybridized carbons (Fsp3) is 0. The van der Waals surface area contributed by atoms with E-state index in [0.29, 0.717) is 0 Å². The van der Waals surface area contributed by atoms with E-state index < -0.39 is 0 Å². The van der Waals surface area contributed by atoms with Gasteiger partial charge < -0.3 is 4.42 Å². The zero-order valence-corrected chi connectivity index (χ0v) is 25.8. The summed E-state index contributed by atoms with van der Waals surface area (Å²) in [5.74, 6) is 0. The van der Waals surface area contributed by atoms with Crippen LogP contribution in [0.15, 0.2) is 168 Å². The monoisotopic (exact) mass is 613 g/mol. The third-order valence-electron chi connectivity index (χ3n) is 9.38. The summed E-state index contributed by atoms with van der Waals surface area (Å²) in [4.78, 5) is 10.3. The quantitative estimate of drug-likeness (QED) is 0.186. The van der Waals surface area contributed by atoms with Crippen LogP contribution in [0.25, 0.3) is 94.3 Å². The standard InChI is InChI=1S/C44H27N3O/c1-3-10-28(11-4-1)36-23-20-30-18-19-31-21-24-37(46-43(31)42(30)45-36)34-15-9-14-32(26-34)33-22-25-38-35(27-33)41(29-12-5-2-6-13-29)44-47(38)39-16-7-8-17-40(39)48-44/h1-27H. The van der Waals surface area contributed by atoms with Gasteiger partial charge in [-0.3, -0.25) is 4.40 Å². The molecule has 0 saturated heterocycles. The molecule has 0 amide bonds. The molecule has 4 heterocycles. The molecule has 4 aromatic heterocycles. The number of hydrogen-bond acceptors (Lipinski definition) is 3. The summed E-state index contributed by atoms with van der Waals surface area (Å²) in [6.45, 7) is 0. The molecule has 10 rings (SSSR count). The van der Waals surface area contributed by atoms with Crippen LogP contribution in [0.1, 0.15) is 0 Å². The van der Waals surface area contributed by atoms with Gasteiger partial charge in [-0.25, -0.2) is 9.97 Å². The molecule has 4 nitrogen and oxygen atoms in total. The Morgan fingerprint density at radius 2 is 1.00 bits per heavy atom. The van der Waals surface area contributed by atoms with Crippen LogP contribution in [0.2, 0.25) is 0 Å². The second kappa shape index (κ2) is 10.5. The molecule has 0 saturated carbocycles. The van der Waals surface area contributed by atoms with Crippen LogP contribution >= 0.6 is 0 Å². The molecular formula is C44H27N3O. The van der Waals surface area contributed by atoms with Gasteiger partial charge in [0.25, 0.3) is 0 Å². The molecule has 0 atom stereocenters. The summed E-state index contributed by atoms with van der Waals surface area (Å²) in [7, 11) is 0. The number of oxazole rings is 1. The fourth-order valence-electron chi connectivity index (χ4n) is 7.06. The van der Waals surface area contributed by atoms with E-state index in [1.54, 1.807) is 0 Å². The Bertz CT molecular complexity index is 2830. The molecular weight excluding hydrogens is 587 g/mol. The molecule has 0 unspecified atom stereocenters. The summed E-state index contributed by atoms with van der Waals surface area (Å²) < 4.78 is 8.74. The largest absolute Gasteiger partial charge is 0.438 e. The third kappa shape index (κ3) is 4.16. The molecule has 0 aliphatic rings. The van der Waals surface area contributed by atoms with Crippen molar-refractivity contribution in [1.82, 2.24) is 14.4 Å². The number of pyridine rings is 2. The summed E-state index contributed by atoms with van der Waals surface area (Å²) in [5.41, 5.74) is 14.3. The first kappa shape index (κ1) is 26.7. The minimum Gasteiger partial charge on any atom is -0.438 e. The Hall–Kier alpha value is -6.52. The number of rotatable bonds is 4. The normalized spacial score (nSPS) is 11.8. The maximum Gasteiger partial charge on any atom is 0.213 e. The second-order valence-corrected chi connectivity index (χ2v) is 12.2. The van der Waals surface area contributed by atoms with Gasteiger partial charge in [0.05, 0.1) is 39.0 Å². The minimum atomic E-state index is 0.861. The Labute approximate surface area is 276 Å². The highest BCUT2D eigenvalue weighted by molar-refractivity contribution is 6.08. The molecule has 0 aliphatic carbocycles. The second-order valence-electron chi connectivity index (χ2n) is 12.2. The van der Waals surface area contributed by atoms with Crippen molar-refractivity contribution in [3.05, 3.63) is 164 Å². The molecule has 10 aromatic rings. The van der Waals surface area contributed by atoms with Crippen LogP contribution < -0.4 is 0 Å². The van der Waals surface area contributed by atoms with E-state index >= 15 is 0 Å². The number of hydrogen-bond donors (Lipinski definition) is 0. The lowest BCUT2D eigenvalue weighted by Gasteiger charge is -2.10. The SMILES string of the molecule is c1ccc(-c2ccc3ccc4ccc(-c5cccc(-c6ccc7c(c6)c(-c6ccccc6)c6oc8ccccc8n67)c5)nc4c3n2)cc1. The Balaban J connectivity index is 1.12. The smallest absolute Gasteiger partial charge is 0.213 e. The molecule has 48 heavy (non-hydrogen) atoms. The molecule has 4 heteroatoms. The van der Waals surface area contributed by atoms with Crippen molar-refractivity contribution in [1.29, 1.82) is 0 Å². The average molecular weight is 614 g/mol. The van der Waals surface area contributed by atoms with Gasteiger partial charge in [-0.05, 0) is 59.2 Å². The molecule has 224 valence electrons. The van der Waals surface area contributed by atoms with Crippen molar-refractivity contribution in [2.75, 3.05) is 0 Å². The summed E-state index contributed by atoms with van der Waals surface area (Å²) in [6.07, 6.45) is 0. The number of nitrogens with zero attached hydrogens (tertiary/aromatic N) is 3. The van der Waals surface area contributed by atoms with E-state index in [9.17, 15) is 0 Å². The molecule has 0 bridgehead atoms. The first-order chi connectivity index (χ1) is 23.8. The molecule has 6 aromatic carbocycles. The number of fused-ring (bicyclic) bond motifs is 8. The van der Waals surface area contributed by atoms with Gasteiger partial charge in [0.2, 0.25) is 5.71 Å². The third-order valence-corrected chi connectivity index (χ3v) is 9.38. The highest BCUT2D eigenvalue weighted by Gasteiger charge is 2.20. The molecule has 0 fully saturated rings. The van der Waals surface area contributed by atoms with Gasteiger partial charge in [-0.15, -0.1) is 0 Å². The van der Waals surface area contributed by atoms with Crippen molar-refractivity contribution in [3.8, 4) is 44.8 Å². The number of benzene rings is 6. The summed E-state index contributed by atoms with van der Waals surface area (Å²) in [6, 6.07) is 57.2. The van der Waals surface area contributed by atoms with Crippen LogP contribution in [-0.4, -0.2) is 14.4 Å². The first-order valence-corrected chi connectivity index (χ1v) is 16.2. The van der Waals surface area contributed by atoms with Crippen molar-refractivity contribution >= 4 is 49.5 Å². The van der Waals surface area contributed by atoms with Gasteiger partial charge >= 0.3 is 0 Å². The average Bonchev–Trinajstić information content (AvgIpc) is 3.69. The Morgan fingerprint density at radius 1 is 0.417 bits per heavy atom. The van der Waals surface area contributed by atoms with Gasteiger partial charge in [-0.2, -0.15) is 0 Å². The van der Waals surface area contributed by atoms with Gasteiger partial charge in [0.1, 0.15) is 0 Å². The minimum absolute atomic E-state index is 0.861. The Morgan fingerprint density at radius 3 is 1.75 bits per heavy atom. The fourth-order valence-corrected chi connectivity index (χ4v) is 7.06. The Kier molecular flexibility index (Phi) is 5.84. The zero-order valence-electron chi connectivity index (χ0n) is 25.8. The summed E-state index contributed by atoms with van der Waals surface area (Å²) >= 11 is 0. The van der Waals surface area contributed by atoms with E-state index in [4.69, 9.17) is 14.4 Å². The van der Waals surface area contributed by atoms with Crippen molar-refractivity contribution in [3.63, 3.8) is 0 Å². The summed E-state index contributed by atoms with van der Waals surface area (Å²) in [5, 5.41) is 3.31. The lowest BCUT2D eigenvalue weighted by molar-refractivity contribution is 0.658. The highest BCUT2D eigenvalue weighted by Crippen LogP contribution is 2.41. The van der Waals surface area contributed by atoms with Crippen LogP contribution in [0, 0.1) is 0 Å². The van der Waals surface area contributed by atoms with Crippen LogP contribution in [0.3, 0.4) is 0 Å². The molecule has 0 spiro atoms. The first-order valence-electron chi connectivity index (χ1n) is 16.2. The van der Waals surface area contributed by atoms with Gasteiger partial charge in [0, 0.05) is 27.3 Å². The van der Waals surface area contributed by atoms with Crippen LogP contribution in [0.5, 0.6) is 0 Å². The lowest BCUT2D eigenvalue weighted by Crippen LogP contribution is -1.91. The number of para-hydroxylation sites is 2. The zero-order chi connectivity index (χ0) is 31.6. The van der Waals surface area contributed by atoms with Gasteiger partial charge in [-0.1, -0.05) is 121 Å². The topological polar surface area (TPSA) is 43.3 Å². The van der Waals surface area contributed by atoms with Crippen LogP contribution in [-0.2, 0) is 0 Å². The molecule has 0 aliphatic heterocycles. The lowest BCUT2D eigenvalue weighted by atomic mass is 9.97. The molecule has 0 N–H and O–H groups in total. The highest BCUT2D eigenvalue weighted by atomic mass is 16.3. The van der Waals surface area contributed by atoms with Crippen molar-refractivity contribution in [2.24, 2.45) is 0 Å². The number of aromatic nitrogens is 3. The van der Waals surface area contributed by atoms with E-state index in [1.165, 1.54) is 0 Å². The predicted octanol–water partition coefficient (Wildman–Crippen LogP) is 11.6. The van der Waals surface area contributed by atoms with Gasteiger partial charge in [0.15, 0.2) is 5.58 Å². The van der Waals surface area contributed by atoms with E-state index in [-0.39, 0.29) is 0 Å². The predicted molar refractivity (Wildman–Crippen MR) is 197 cm³/mol. The molecule has 0 radical (unpaired) electrons. The van der Waals surface area contributed by atoms with E-state index in [1.807, 2.05) is 30.3 Å².